The molecule has 0 bridgehead atoms. The molecule has 86 valence electrons. The number of fused-ring (bicyclic) bond motifs is 1. The van der Waals surface area contributed by atoms with E-state index in [0.717, 1.165) is 5.56 Å². The van der Waals surface area contributed by atoms with Crippen LogP contribution >= 0.6 is 0 Å². The van der Waals surface area contributed by atoms with Gasteiger partial charge in [0.2, 0.25) is 18.4 Å². The molecule has 1 aliphatic heterocycles. The fourth-order valence-corrected chi connectivity index (χ4v) is 1.56. The molecule has 16 heavy (non-hydrogen) atoms. The largest absolute Gasteiger partial charge is 0.493 e. The van der Waals surface area contributed by atoms with Gasteiger partial charge in [0.1, 0.15) is 0 Å². The van der Waals surface area contributed by atoms with E-state index in [2.05, 4.69) is 0 Å². The summed E-state index contributed by atoms with van der Waals surface area (Å²) < 4.78 is 15.7. The highest BCUT2D eigenvalue weighted by atomic mass is 16.7. The predicted molar refractivity (Wildman–Crippen MR) is 56.7 cm³/mol. The normalized spacial score (nSPS) is 14.6. The van der Waals surface area contributed by atoms with Crippen LogP contribution in [0, 0.1) is 0 Å². The Balaban J connectivity index is 2.45. The summed E-state index contributed by atoms with van der Waals surface area (Å²) in [4.78, 5) is 11.1. The third-order valence-corrected chi connectivity index (χ3v) is 2.61. The van der Waals surface area contributed by atoms with Gasteiger partial charge in [-0.2, -0.15) is 0 Å². The number of ether oxygens (including phenoxy) is 3. The first-order valence-electron chi connectivity index (χ1n) is 4.90. The second-order valence-electron chi connectivity index (χ2n) is 3.58. The fraction of sp³-hybridized carbons (Fsp3) is 0.364. The number of rotatable bonds is 3. The number of nitrogens with two attached hydrogens (primary N) is 1. The Morgan fingerprint density at radius 2 is 2.25 bits per heavy atom. The van der Waals surface area contributed by atoms with Crippen molar-refractivity contribution in [3.05, 3.63) is 17.7 Å². The van der Waals surface area contributed by atoms with Crippen LogP contribution in [-0.4, -0.2) is 19.8 Å². The van der Waals surface area contributed by atoms with Gasteiger partial charge in [-0.05, 0) is 24.6 Å². The van der Waals surface area contributed by atoms with E-state index in [1.807, 2.05) is 0 Å². The third kappa shape index (κ3) is 1.64. The maximum Gasteiger partial charge on any atom is 0.231 e. The lowest BCUT2D eigenvalue weighted by molar-refractivity contribution is -0.119. The van der Waals surface area contributed by atoms with Crippen LogP contribution in [0.4, 0.5) is 0 Å². The van der Waals surface area contributed by atoms with Crippen LogP contribution in [0.2, 0.25) is 0 Å². The van der Waals surface area contributed by atoms with E-state index in [1.54, 1.807) is 19.1 Å². The quantitative estimate of drug-likeness (QED) is 0.830. The summed E-state index contributed by atoms with van der Waals surface area (Å²) in [5.41, 5.74) is 6.01. The van der Waals surface area contributed by atoms with Crippen LogP contribution in [0.25, 0.3) is 0 Å². The van der Waals surface area contributed by atoms with E-state index in [0.29, 0.717) is 17.2 Å². The summed E-state index contributed by atoms with van der Waals surface area (Å²) in [5.74, 6) is 0.938. The molecule has 0 saturated carbocycles. The maximum absolute atomic E-state index is 11.1. The highest BCUT2D eigenvalue weighted by molar-refractivity contribution is 5.82. The number of carbonyl (C=O) groups excluding carboxylic acids is 1. The minimum Gasteiger partial charge on any atom is -0.493 e. The highest BCUT2D eigenvalue weighted by Crippen LogP contribution is 2.43. The van der Waals surface area contributed by atoms with Gasteiger partial charge in [0, 0.05) is 0 Å². The van der Waals surface area contributed by atoms with Crippen molar-refractivity contribution >= 4 is 5.91 Å². The van der Waals surface area contributed by atoms with E-state index in [9.17, 15) is 4.79 Å². The molecule has 1 aliphatic rings. The van der Waals surface area contributed by atoms with Crippen molar-refractivity contribution in [2.24, 2.45) is 5.73 Å². The zero-order valence-electron chi connectivity index (χ0n) is 9.15. The van der Waals surface area contributed by atoms with Gasteiger partial charge >= 0.3 is 0 Å². The summed E-state index contributed by atoms with van der Waals surface area (Å²) in [6.07, 6.45) is 0. The Morgan fingerprint density at radius 3 is 2.88 bits per heavy atom. The van der Waals surface area contributed by atoms with E-state index >= 15 is 0 Å². The summed E-state index contributed by atoms with van der Waals surface area (Å²) in [5, 5.41) is 0. The zero-order chi connectivity index (χ0) is 11.7. The van der Waals surface area contributed by atoms with Gasteiger partial charge in [0.15, 0.2) is 11.5 Å². The predicted octanol–water partition coefficient (Wildman–Crippen LogP) is 1.01. The van der Waals surface area contributed by atoms with E-state index in [1.165, 1.54) is 7.11 Å². The van der Waals surface area contributed by atoms with Crippen LogP contribution in [0.5, 0.6) is 17.2 Å². The summed E-state index contributed by atoms with van der Waals surface area (Å²) in [6, 6.07) is 3.49. The molecule has 0 saturated heterocycles. The number of methoxy groups -OCH3 is 1. The molecule has 2 N–H and O–H groups in total. The highest BCUT2D eigenvalue weighted by Gasteiger charge is 2.23. The molecule has 5 nitrogen and oxygen atoms in total. The van der Waals surface area contributed by atoms with Crippen molar-refractivity contribution in [3.8, 4) is 17.2 Å². The molecular weight excluding hydrogens is 210 g/mol. The Labute approximate surface area is 93.1 Å². The lowest BCUT2D eigenvalue weighted by Crippen LogP contribution is -2.18. The minimum atomic E-state index is -0.388. The van der Waals surface area contributed by atoms with Gasteiger partial charge in [-0.3, -0.25) is 4.79 Å². The minimum absolute atomic E-state index is 0.167. The summed E-state index contributed by atoms with van der Waals surface area (Å²) in [7, 11) is 1.54. The third-order valence-electron chi connectivity index (χ3n) is 2.61. The molecule has 0 radical (unpaired) electrons. The van der Waals surface area contributed by atoms with Crippen molar-refractivity contribution in [2.45, 2.75) is 12.8 Å². The molecule has 1 heterocycles. The first-order chi connectivity index (χ1) is 7.63. The van der Waals surface area contributed by atoms with Crippen molar-refractivity contribution in [2.75, 3.05) is 13.9 Å². The van der Waals surface area contributed by atoms with Crippen molar-refractivity contribution in [1.29, 1.82) is 0 Å². The molecule has 1 amide bonds. The van der Waals surface area contributed by atoms with Gasteiger partial charge in [-0.25, -0.2) is 0 Å². The Hall–Kier alpha value is -1.91. The summed E-state index contributed by atoms with van der Waals surface area (Å²) in [6.45, 7) is 1.90. The molecule has 0 fully saturated rings. The summed E-state index contributed by atoms with van der Waals surface area (Å²) >= 11 is 0. The van der Waals surface area contributed by atoms with Crippen LogP contribution in [0.3, 0.4) is 0 Å². The monoisotopic (exact) mass is 223 g/mol. The Bertz CT molecular complexity index is 430. The topological polar surface area (TPSA) is 70.8 Å². The van der Waals surface area contributed by atoms with E-state index in [4.69, 9.17) is 19.9 Å². The fourth-order valence-electron chi connectivity index (χ4n) is 1.56. The Kier molecular flexibility index (Phi) is 2.60. The van der Waals surface area contributed by atoms with Gasteiger partial charge in [-0.15, -0.1) is 0 Å². The average molecular weight is 223 g/mol. The molecule has 1 aromatic carbocycles. The van der Waals surface area contributed by atoms with E-state index < -0.39 is 0 Å². The molecule has 1 atom stereocenters. The average Bonchev–Trinajstić information content (AvgIpc) is 2.74. The molecular formula is C11H13NO4. The smallest absolute Gasteiger partial charge is 0.231 e. The second-order valence-corrected chi connectivity index (χ2v) is 3.58. The number of benzene rings is 1. The van der Waals surface area contributed by atoms with Gasteiger partial charge in [0.25, 0.3) is 0 Å². The standard InChI is InChI=1S/C11H13NO4/c1-6(11(12)13)7-3-8(14-2)10-9(4-7)15-5-16-10/h3-4,6H,5H2,1-2H3,(H2,12,13). The van der Waals surface area contributed by atoms with Crippen molar-refractivity contribution in [3.63, 3.8) is 0 Å². The van der Waals surface area contributed by atoms with Crippen LogP contribution in [-0.2, 0) is 4.79 Å². The van der Waals surface area contributed by atoms with Crippen LogP contribution in [0.15, 0.2) is 12.1 Å². The first kappa shape index (κ1) is 10.6. The molecule has 0 aliphatic carbocycles. The molecule has 0 aromatic heterocycles. The van der Waals surface area contributed by atoms with E-state index in [-0.39, 0.29) is 18.6 Å². The first-order valence-corrected chi connectivity index (χ1v) is 4.90. The zero-order valence-corrected chi connectivity index (χ0v) is 9.15. The SMILES string of the molecule is COc1cc(C(C)C(N)=O)cc2c1OCO2. The van der Waals surface area contributed by atoms with Crippen LogP contribution < -0.4 is 19.9 Å². The molecule has 2 rings (SSSR count). The van der Waals surface area contributed by atoms with Crippen molar-refractivity contribution < 1.29 is 19.0 Å². The molecule has 0 spiro atoms. The van der Waals surface area contributed by atoms with Gasteiger partial charge < -0.3 is 19.9 Å². The van der Waals surface area contributed by atoms with Crippen LogP contribution in [0.1, 0.15) is 18.4 Å². The Morgan fingerprint density at radius 1 is 1.50 bits per heavy atom. The van der Waals surface area contributed by atoms with Crippen molar-refractivity contribution in [1.82, 2.24) is 0 Å². The number of carbonyl (C=O) groups is 1. The lowest BCUT2D eigenvalue weighted by Gasteiger charge is -2.11. The number of amides is 1. The van der Waals surface area contributed by atoms with Gasteiger partial charge in [-0.1, -0.05) is 0 Å². The second kappa shape index (κ2) is 3.92. The molecule has 1 aromatic rings. The lowest BCUT2D eigenvalue weighted by atomic mass is 10.00. The van der Waals surface area contributed by atoms with Gasteiger partial charge in [0.05, 0.1) is 13.0 Å². The molecule has 1 unspecified atom stereocenters. The number of primary amides is 1. The molecule has 5 heteroatoms. The number of hydrogen-bond acceptors (Lipinski definition) is 4. The number of hydrogen-bond donors (Lipinski definition) is 1. The maximum atomic E-state index is 11.1.